The summed E-state index contributed by atoms with van der Waals surface area (Å²) in [4.78, 5) is 0. The van der Waals surface area contributed by atoms with Crippen molar-refractivity contribution >= 4 is 0 Å². The smallest absolute Gasteiger partial charge is 0.278 e. The minimum atomic E-state index is -2.85. The van der Waals surface area contributed by atoms with Crippen LogP contribution in [0.25, 0.3) is 0 Å². The van der Waals surface area contributed by atoms with Gasteiger partial charge in [0.1, 0.15) is 6.10 Å². The van der Waals surface area contributed by atoms with Gasteiger partial charge in [0.15, 0.2) is 12.4 Å². The second kappa shape index (κ2) is 4.57. The second-order valence-electron chi connectivity index (χ2n) is 4.55. The number of fused-ring (bicyclic) bond motifs is 1. The molecule has 5 heteroatoms. The van der Waals surface area contributed by atoms with Crippen molar-refractivity contribution in [2.75, 3.05) is 13.2 Å². The zero-order valence-corrected chi connectivity index (χ0v) is 9.72. The van der Waals surface area contributed by atoms with Crippen LogP contribution in [0.1, 0.15) is 18.3 Å². The lowest BCUT2D eigenvalue weighted by molar-refractivity contribution is -0.331. The van der Waals surface area contributed by atoms with Crippen molar-refractivity contribution in [3.63, 3.8) is 0 Å². The third-order valence-corrected chi connectivity index (χ3v) is 3.28. The van der Waals surface area contributed by atoms with E-state index >= 15 is 0 Å². The molecule has 3 rings (SSSR count). The highest BCUT2D eigenvalue weighted by molar-refractivity contribution is 5.16. The summed E-state index contributed by atoms with van der Waals surface area (Å²) in [7, 11) is 0. The minimum Gasteiger partial charge on any atom is -0.373 e. The van der Waals surface area contributed by atoms with E-state index in [-0.39, 0.29) is 19.6 Å². The summed E-state index contributed by atoms with van der Waals surface area (Å²) >= 11 is 0. The Morgan fingerprint density at radius 3 is 2.67 bits per heavy atom. The number of rotatable bonds is 1. The van der Waals surface area contributed by atoms with Gasteiger partial charge in [-0.1, -0.05) is 30.3 Å². The lowest BCUT2D eigenvalue weighted by Gasteiger charge is -2.43. The fourth-order valence-electron chi connectivity index (χ4n) is 2.31. The molecule has 2 saturated heterocycles. The van der Waals surface area contributed by atoms with Gasteiger partial charge in [-0.15, -0.1) is 0 Å². The Kier molecular flexibility index (Phi) is 3.05. The van der Waals surface area contributed by atoms with Crippen molar-refractivity contribution in [1.29, 1.82) is 0 Å². The maximum atomic E-state index is 13.8. The molecule has 3 atom stereocenters. The molecule has 0 aromatic heterocycles. The number of hydrogen-bond donors (Lipinski definition) is 0. The molecule has 1 aromatic carbocycles. The Morgan fingerprint density at radius 2 is 1.89 bits per heavy atom. The predicted octanol–water partition coefficient (Wildman–Crippen LogP) is 2.52. The van der Waals surface area contributed by atoms with Gasteiger partial charge in [-0.05, 0) is 0 Å². The summed E-state index contributed by atoms with van der Waals surface area (Å²) in [5.41, 5.74) is 0.748. The normalized spacial score (nSPS) is 34.9. The molecule has 98 valence electrons. The molecule has 2 fully saturated rings. The van der Waals surface area contributed by atoms with Crippen LogP contribution in [0.4, 0.5) is 8.78 Å². The lowest BCUT2D eigenvalue weighted by Crippen LogP contribution is -2.55. The van der Waals surface area contributed by atoms with Gasteiger partial charge in [0.05, 0.1) is 13.2 Å². The standard InChI is InChI=1S/C13H14F2O3/c14-13(15)6-7-16-10-8-17-12(18-11(10)13)9-4-2-1-3-5-9/h1-5,10-12H,6-8H2. The highest BCUT2D eigenvalue weighted by Gasteiger charge is 2.52. The maximum Gasteiger partial charge on any atom is 0.278 e. The predicted molar refractivity (Wildman–Crippen MR) is 59.3 cm³/mol. The van der Waals surface area contributed by atoms with Gasteiger partial charge in [-0.25, -0.2) is 8.78 Å². The van der Waals surface area contributed by atoms with Crippen LogP contribution in [-0.4, -0.2) is 31.3 Å². The SMILES string of the molecule is FC1(F)CCOC2COC(c3ccccc3)OC21. The van der Waals surface area contributed by atoms with E-state index in [1.807, 2.05) is 18.2 Å². The maximum absolute atomic E-state index is 13.8. The Balaban J connectivity index is 1.79. The Bertz CT molecular complexity index is 410. The van der Waals surface area contributed by atoms with Gasteiger partial charge in [0, 0.05) is 12.0 Å². The number of benzene rings is 1. The van der Waals surface area contributed by atoms with E-state index in [0.29, 0.717) is 0 Å². The number of alkyl halides is 2. The van der Waals surface area contributed by atoms with E-state index in [2.05, 4.69) is 0 Å². The Hall–Kier alpha value is -1.04. The van der Waals surface area contributed by atoms with Crippen LogP contribution in [0.2, 0.25) is 0 Å². The zero-order chi connectivity index (χ0) is 12.6. The van der Waals surface area contributed by atoms with Gasteiger partial charge >= 0.3 is 0 Å². The highest BCUT2D eigenvalue weighted by Crippen LogP contribution is 2.39. The molecule has 0 spiro atoms. The fraction of sp³-hybridized carbons (Fsp3) is 0.538. The second-order valence-corrected chi connectivity index (χ2v) is 4.55. The van der Waals surface area contributed by atoms with Gasteiger partial charge < -0.3 is 14.2 Å². The molecule has 0 bridgehead atoms. The third-order valence-electron chi connectivity index (χ3n) is 3.28. The van der Waals surface area contributed by atoms with E-state index in [9.17, 15) is 8.78 Å². The van der Waals surface area contributed by atoms with Crippen LogP contribution in [0.5, 0.6) is 0 Å². The first-order chi connectivity index (χ1) is 8.67. The van der Waals surface area contributed by atoms with Crippen LogP contribution < -0.4 is 0 Å². The first-order valence-corrected chi connectivity index (χ1v) is 5.98. The van der Waals surface area contributed by atoms with Crippen molar-refractivity contribution in [2.24, 2.45) is 0 Å². The summed E-state index contributed by atoms with van der Waals surface area (Å²) in [6.07, 6.45) is -2.92. The first-order valence-electron chi connectivity index (χ1n) is 5.98. The van der Waals surface area contributed by atoms with Crippen LogP contribution in [0.15, 0.2) is 30.3 Å². The largest absolute Gasteiger partial charge is 0.373 e. The number of ether oxygens (including phenoxy) is 3. The average molecular weight is 256 g/mol. The van der Waals surface area contributed by atoms with Crippen molar-refractivity contribution in [1.82, 2.24) is 0 Å². The van der Waals surface area contributed by atoms with E-state index in [4.69, 9.17) is 14.2 Å². The molecular weight excluding hydrogens is 242 g/mol. The quantitative estimate of drug-likeness (QED) is 0.772. The van der Waals surface area contributed by atoms with E-state index in [1.165, 1.54) is 0 Å². The van der Waals surface area contributed by atoms with Gasteiger partial charge in [0.25, 0.3) is 5.92 Å². The first kappa shape index (κ1) is 12.0. The third kappa shape index (κ3) is 2.13. The number of hydrogen-bond acceptors (Lipinski definition) is 3. The molecular formula is C13H14F2O3. The summed E-state index contributed by atoms with van der Waals surface area (Å²) in [5, 5.41) is 0. The molecule has 0 amide bonds. The van der Waals surface area contributed by atoms with E-state index in [1.54, 1.807) is 12.1 Å². The zero-order valence-electron chi connectivity index (χ0n) is 9.72. The lowest BCUT2D eigenvalue weighted by atomic mass is 10.00. The molecule has 0 N–H and O–H groups in total. The molecule has 3 unspecified atom stereocenters. The highest BCUT2D eigenvalue weighted by atomic mass is 19.3. The summed E-state index contributed by atoms with van der Waals surface area (Å²) in [5.74, 6) is -2.85. The topological polar surface area (TPSA) is 27.7 Å². The van der Waals surface area contributed by atoms with Crippen molar-refractivity contribution < 1.29 is 23.0 Å². The van der Waals surface area contributed by atoms with Crippen LogP contribution >= 0.6 is 0 Å². The van der Waals surface area contributed by atoms with Crippen molar-refractivity contribution in [3.05, 3.63) is 35.9 Å². The minimum absolute atomic E-state index is 0.0525. The van der Waals surface area contributed by atoms with E-state index < -0.39 is 24.4 Å². The van der Waals surface area contributed by atoms with Crippen LogP contribution in [-0.2, 0) is 14.2 Å². The molecule has 18 heavy (non-hydrogen) atoms. The molecule has 3 nitrogen and oxygen atoms in total. The Labute approximate surface area is 104 Å². The number of halogens is 2. The summed E-state index contributed by atoms with van der Waals surface area (Å²) in [6.45, 7) is 0.191. The summed E-state index contributed by atoms with van der Waals surface area (Å²) in [6, 6.07) is 9.10. The monoisotopic (exact) mass is 256 g/mol. The van der Waals surface area contributed by atoms with Gasteiger partial charge in [-0.3, -0.25) is 0 Å². The molecule has 0 radical (unpaired) electrons. The van der Waals surface area contributed by atoms with E-state index in [0.717, 1.165) is 5.56 Å². The van der Waals surface area contributed by atoms with Crippen LogP contribution in [0, 0.1) is 0 Å². The van der Waals surface area contributed by atoms with Gasteiger partial charge in [0.2, 0.25) is 0 Å². The Morgan fingerprint density at radius 1 is 1.11 bits per heavy atom. The molecule has 0 aliphatic carbocycles. The van der Waals surface area contributed by atoms with Crippen molar-refractivity contribution in [2.45, 2.75) is 30.8 Å². The molecule has 1 aromatic rings. The van der Waals surface area contributed by atoms with Crippen LogP contribution in [0.3, 0.4) is 0 Å². The fourth-order valence-corrected chi connectivity index (χ4v) is 2.31. The van der Waals surface area contributed by atoms with Gasteiger partial charge in [-0.2, -0.15) is 0 Å². The average Bonchev–Trinajstić information content (AvgIpc) is 2.39. The summed E-state index contributed by atoms with van der Waals surface area (Å²) < 4.78 is 43.6. The molecule has 0 saturated carbocycles. The molecule has 2 heterocycles. The molecule has 2 aliphatic heterocycles. The van der Waals surface area contributed by atoms with Crippen molar-refractivity contribution in [3.8, 4) is 0 Å². The molecule has 2 aliphatic rings.